The van der Waals surface area contributed by atoms with Crippen molar-refractivity contribution in [2.75, 3.05) is 6.61 Å². The Hall–Kier alpha value is -2.69. The maximum atomic E-state index is 13.1. The number of halogens is 1. The Bertz CT molecular complexity index is 901. The van der Waals surface area contributed by atoms with Crippen LogP contribution in [0, 0.1) is 5.82 Å². The largest absolute Gasteiger partial charge is 0.478 e. The van der Waals surface area contributed by atoms with E-state index < -0.39 is 0 Å². The van der Waals surface area contributed by atoms with Gasteiger partial charge in [-0.3, -0.25) is 9.36 Å². The standard InChI is InChI=1S/C16H11FN2O2/c17-10-3-5-11(6-4-10)19-15-12(2-1-8-18-15)14(20)13-7-9-21-16(13)19/h1-6,8H,7,9H2. The molecule has 0 unspecified atom stereocenters. The van der Waals surface area contributed by atoms with E-state index in [0.29, 0.717) is 35.5 Å². The molecule has 0 N–H and O–H groups in total. The van der Waals surface area contributed by atoms with Crippen LogP contribution in [0.3, 0.4) is 0 Å². The normalized spacial score (nSPS) is 13.2. The van der Waals surface area contributed by atoms with Crippen molar-refractivity contribution in [1.29, 1.82) is 0 Å². The van der Waals surface area contributed by atoms with E-state index in [1.54, 1.807) is 35.0 Å². The molecule has 0 saturated carbocycles. The van der Waals surface area contributed by atoms with Crippen molar-refractivity contribution in [1.82, 2.24) is 9.55 Å². The molecule has 2 aromatic heterocycles. The van der Waals surface area contributed by atoms with Gasteiger partial charge in [-0.1, -0.05) is 0 Å². The summed E-state index contributed by atoms with van der Waals surface area (Å²) in [5, 5.41) is 0.547. The number of hydrogen-bond donors (Lipinski definition) is 0. The molecular weight excluding hydrogens is 271 g/mol. The molecule has 3 aromatic rings. The molecular formula is C16H11FN2O2. The van der Waals surface area contributed by atoms with Crippen LogP contribution in [0.5, 0.6) is 5.88 Å². The molecule has 0 amide bonds. The second-order valence-electron chi connectivity index (χ2n) is 4.90. The summed E-state index contributed by atoms with van der Waals surface area (Å²) in [6.45, 7) is 0.474. The maximum Gasteiger partial charge on any atom is 0.207 e. The first-order valence-electron chi connectivity index (χ1n) is 6.67. The summed E-state index contributed by atoms with van der Waals surface area (Å²) in [7, 11) is 0. The summed E-state index contributed by atoms with van der Waals surface area (Å²) in [4.78, 5) is 16.8. The first kappa shape index (κ1) is 12.1. The maximum absolute atomic E-state index is 13.1. The summed E-state index contributed by atoms with van der Waals surface area (Å²) in [6.07, 6.45) is 2.21. The van der Waals surface area contributed by atoms with Crippen LogP contribution in [0.1, 0.15) is 5.56 Å². The number of ether oxygens (including phenoxy) is 1. The number of pyridine rings is 2. The van der Waals surface area contributed by atoms with Crippen molar-refractivity contribution >= 4 is 11.0 Å². The molecule has 104 valence electrons. The highest BCUT2D eigenvalue weighted by Gasteiger charge is 2.24. The van der Waals surface area contributed by atoms with E-state index in [1.165, 1.54) is 12.1 Å². The molecule has 0 fully saturated rings. The molecule has 1 aliphatic heterocycles. The van der Waals surface area contributed by atoms with E-state index >= 15 is 0 Å². The van der Waals surface area contributed by atoms with Gasteiger partial charge < -0.3 is 4.74 Å². The number of nitrogens with zero attached hydrogens (tertiary/aromatic N) is 2. The molecule has 1 aliphatic rings. The summed E-state index contributed by atoms with van der Waals surface area (Å²) >= 11 is 0. The fourth-order valence-electron chi connectivity index (χ4n) is 2.69. The zero-order valence-corrected chi connectivity index (χ0v) is 11.0. The van der Waals surface area contributed by atoms with Gasteiger partial charge >= 0.3 is 0 Å². The lowest BCUT2D eigenvalue weighted by molar-refractivity contribution is 0.338. The third-order valence-corrected chi connectivity index (χ3v) is 3.65. The van der Waals surface area contributed by atoms with Crippen LogP contribution in [-0.4, -0.2) is 16.2 Å². The third kappa shape index (κ3) is 1.74. The van der Waals surface area contributed by atoms with Crippen molar-refractivity contribution in [2.45, 2.75) is 6.42 Å². The van der Waals surface area contributed by atoms with Crippen LogP contribution in [-0.2, 0) is 6.42 Å². The van der Waals surface area contributed by atoms with Crippen LogP contribution in [0.15, 0.2) is 47.4 Å². The topological polar surface area (TPSA) is 44.1 Å². The Balaban J connectivity index is 2.15. The van der Waals surface area contributed by atoms with Crippen LogP contribution < -0.4 is 10.2 Å². The highest BCUT2D eigenvalue weighted by molar-refractivity contribution is 5.79. The number of rotatable bonds is 1. The number of aromatic nitrogens is 2. The number of benzene rings is 1. The predicted octanol–water partition coefficient (Wildman–Crippen LogP) is 2.46. The van der Waals surface area contributed by atoms with Crippen LogP contribution >= 0.6 is 0 Å². The second kappa shape index (κ2) is 4.41. The summed E-state index contributed by atoms with van der Waals surface area (Å²) in [5.74, 6) is 0.201. The lowest BCUT2D eigenvalue weighted by atomic mass is 10.1. The van der Waals surface area contributed by atoms with E-state index in [9.17, 15) is 9.18 Å². The van der Waals surface area contributed by atoms with E-state index in [4.69, 9.17) is 4.74 Å². The Morgan fingerprint density at radius 1 is 1.19 bits per heavy atom. The van der Waals surface area contributed by atoms with Gasteiger partial charge in [0.2, 0.25) is 5.88 Å². The Morgan fingerprint density at radius 3 is 2.81 bits per heavy atom. The van der Waals surface area contributed by atoms with Gasteiger partial charge in [0, 0.05) is 12.6 Å². The van der Waals surface area contributed by atoms with Crippen LogP contribution in [0.2, 0.25) is 0 Å². The average Bonchev–Trinajstić information content (AvgIpc) is 2.99. The fourth-order valence-corrected chi connectivity index (χ4v) is 2.69. The molecule has 0 bridgehead atoms. The Kier molecular flexibility index (Phi) is 2.54. The van der Waals surface area contributed by atoms with Crippen LogP contribution in [0.4, 0.5) is 4.39 Å². The quantitative estimate of drug-likeness (QED) is 0.688. The van der Waals surface area contributed by atoms with Gasteiger partial charge in [-0.15, -0.1) is 0 Å². The first-order valence-corrected chi connectivity index (χ1v) is 6.67. The molecule has 3 heterocycles. The van der Waals surface area contributed by atoms with E-state index in [2.05, 4.69) is 4.98 Å². The van der Waals surface area contributed by atoms with E-state index in [1.807, 2.05) is 0 Å². The predicted molar refractivity (Wildman–Crippen MR) is 76.5 cm³/mol. The number of hydrogen-bond acceptors (Lipinski definition) is 3. The fraction of sp³-hybridized carbons (Fsp3) is 0.125. The van der Waals surface area contributed by atoms with Gasteiger partial charge in [0.05, 0.1) is 23.2 Å². The van der Waals surface area contributed by atoms with Gasteiger partial charge in [0.25, 0.3) is 0 Å². The Labute approximate surface area is 119 Å². The monoisotopic (exact) mass is 282 g/mol. The average molecular weight is 282 g/mol. The van der Waals surface area contributed by atoms with E-state index in [-0.39, 0.29) is 11.2 Å². The van der Waals surface area contributed by atoms with Gasteiger partial charge in [-0.2, -0.15) is 0 Å². The Morgan fingerprint density at radius 2 is 2.00 bits per heavy atom. The molecule has 4 nitrogen and oxygen atoms in total. The minimum atomic E-state index is -0.311. The molecule has 5 heteroatoms. The summed E-state index contributed by atoms with van der Waals surface area (Å²) in [6, 6.07) is 9.54. The zero-order valence-electron chi connectivity index (χ0n) is 11.0. The highest BCUT2D eigenvalue weighted by atomic mass is 19.1. The summed E-state index contributed by atoms with van der Waals surface area (Å²) in [5.41, 5.74) is 1.86. The SMILES string of the molecule is O=c1c2c(n(-c3ccc(F)cc3)c3ncccc13)OCC2. The first-order chi connectivity index (χ1) is 10.3. The van der Waals surface area contributed by atoms with Gasteiger partial charge in [-0.05, 0) is 36.4 Å². The molecule has 21 heavy (non-hydrogen) atoms. The van der Waals surface area contributed by atoms with Gasteiger partial charge in [0.1, 0.15) is 5.82 Å². The zero-order chi connectivity index (χ0) is 14.4. The third-order valence-electron chi connectivity index (χ3n) is 3.65. The smallest absolute Gasteiger partial charge is 0.207 e. The molecule has 0 radical (unpaired) electrons. The van der Waals surface area contributed by atoms with Crippen molar-refractivity contribution in [3.05, 3.63) is 64.2 Å². The van der Waals surface area contributed by atoms with Crippen molar-refractivity contribution in [2.24, 2.45) is 0 Å². The number of fused-ring (bicyclic) bond motifs is 2. The molecule has 1 aromatic carbocycles. The molecule has 0 spiro atoms. The molecule has 0 aliphatic carbocycles. The molecule has 4 rings (SSSR count). The van der Waals surface area contributed by atoms with Crippen molar-refractivity contribution < 1.29 is 9.13 Å². The minimum absolute atomic E-state index is 0.0380. The van der Waals surface area contributed by atoms with Crippen molar-refractivity contribution in [3.8, 4) is 11.6 Å². The van der Waals surface area contributed by atoms with Crippen molar-refractivity contribution in [3.63, 3.8) is 0 Å². The van der Waals surface area contributed by atoms with Crippen LogP contribution in [0.25, 0.3) is 16.7 Å². The molecule has 0 atom stereocenters. The summed E-state index contributed by atoms with van der Waals surface area (Å²) < 4.78 is 20.6. The minimum Gasteiger partial charge on any atom is -0.478 e. The van der Waals surface area contributed by atoms with Gasteiger partial charge in [-0.25, -0.2) is 9.37 Å². The highest BCUT2D eigenvalue weighted by Crippen LogP contribution is 2.29. The molecule has 0 saturated heterocycles. The van der Waals surface area contributed by atoms with Gasteiger partial charge in [0.15, 0.2) is 11.1 Å². The lowest BCUT2D eigenvalue weighted by Crippen LogP contribution is -2.14. The van der Waals surface area contributed by atoms with E-state index in [0.717, 1.165) is 5.69 Å². The second-order valence-corrected chi connectivity index (χ2v) is 4.90. The lowest BCUT2D eigenvalue weighted by Gasteiger charge is -2.14.